The lowest BCUT2D eigenvalue weighted by atomic mass is 10.3. The summed E-state index contributed by atoms with van der Waals surface area (Å²) in [7, 11) is 0. The first-order chi connectivity index (χ1) is 4.38. The average molecular weight is 177 g/mol. The molecule has 0 bridgehead atoms. The molecule has 0 spiro atoms. The molecule has 0 fully saturated rings. The Balaban J connectivity index is 0.000000500. The minimum atomic E-state index is 0. The van der Waals surface area contributed by atoms with Crippen LogP contribution in [0.5, 0.6) is 0 Å². The first kappa shape index (κ1) is 7.98. The second-order valence-corrected chi connectivity index (χ2v) is 3.25. The summed E-state index contributed by atoms with van der Waals surface area (Å²) in [6.07, 6.45) is 2.23. The topological polar surface area (TPSA) is 38.9 Å². The van der Waals surface area contributed by atoms with Crippen molar-refractivity contribution in [2.45, 2.75) is 18.9 Å². The van der Waals surface area contributed by atoms with Crippen LogP contribution < -0.4 is 5.73 Å². The van der Waals surface area contributed by atoms with Gasteiger partial charge in [0, 0.05) is 10.9 Å². The molecular formula is C6H9ClN2S. The van der Waals surface area contributed by atoms with E-state index < -0.39 is 0 Å². The fourth-order valence-corrected chi connectivity index (χ4v) is 2.05. The zero-order valence-corrected chi connectivity index (χ0v) is 7.04. The molecular weight excluding hydrogens is 168 g/mol. The Hall–Kier alpha value is -0.120. The zero-order chi connectivity index (χ0) is 6.27. The van der Waals surface area contributed by atoms with E-state index in [0.29, 0.717) is 0 Å². The summed E-state index contributed by atoms with van der Waals surface area (Å²) in [5.41, 5.74) is 8.75. The van der Waals surface area contributed by atoms with Crippen LogP contribution in [0.4, 0.5) is 0 Å². The second-order valence-electron chi connectivity index (χ2n) is 2.31. The maximum atomic E-state index is 5.73. The molecule has 2 N–H and O–H groups in total. The van der Waals surface area contributed by atoms with Gasteiger partial charge in [-0.2, -0.15) is 0 Å². The van der Waals surface area contributed by atoms with Gasteiger partial charge >= 0.3 is 0 Å². The Labute approximate surface area is 69.9 Å². The van der Waals surface area contributed by atoms with Gasteiger partial charge in [0.1, 0.15) is 0 Å². The van der Waals surface area contributed by atoms with E-state index in [9.17, 15) is 0 Å². The zero-order valence-electron chi connectivity index (χ0n) is 5.41. The van der Waals surface area contributed by atoms with E-state index in [4.69, 9.17) is 5.73 Å². The summed E-state index contributed by atoms with van der Waals surface area (Å²) in [6, 6.07) is 0.228. The van der Waals surface area contributed by atoms with Crippen molar-refractivity contribution >= 4 is 23.7 Å². The number of fused-ring (bicyclic) bond motifs is 1. The summed E-state index contributed by atoms with van der Waals surface area (Å²) in [5.74, 6) is 0. The van der Waals surface area contributed by atoms with Gasteiger partial charge in [-0.1, -0.05) is 0 Å². The third-order valence-electron chi connectivity index (χ3n) is 1.71. The number of aryl methyl sites for hydroxylation is 1. The van der Waals surface area contributed by atoms with Crippen LogP contribution in [0.25, 0.3) is 0 Å². The quantitative estimate of drug-likeness (QED) is 0.651. The maximum absolute atomic E-state index is 5.73. The van der Waals surface area contributed by atoms with Gasteiger partial charge in [-0.15, -0.1) is 23.7 Å². The van der Waals surface area contributed by atoms with Crippen LogP contribution in [-0.2, 0) is 6.42 Å². The van der Waals surface area contributed by atoms with Crippen molar-refractivity contribution in [3.05, 3.63) is 16.1 Å². The fourth-order valence-electron chi connectivity index (χ4n) is 1.19. The van der Waals surface area contributed by atoms with E-state index in [1.54, 1.807) is 11.3 Å². The minimum absolute atomic E-state index is 0. The van der Waals surface area contributed by atoms with Crippen LogP contribution in [0.1, 0.15) is 23.0 Å². The smallest absolute Gasteiger partial charge is 0.0798 e. The number of thiazole rings is 1. The molecule has 0 aliphatic heterocycles. The van der Waals surface area contributed by atoms with Crippen LogP contribution in [0.3, 0.4) is 0 Å². The molecule has 10 heavy (non-hydrogen) atoms. The maximum Gasteiger partial charge on any atom is 0.0798 e. The molecule has 0 saturated heterocycles. The molecule has 1 heterocycles. The van der Waals surface area contributed by atoms with Gasteiger partial charge in [-0.3, -0.25) is 0 Å². The van der Waals surface area contributed by atoms with E-state index in [0.717, 1.165) is 18.5 Å². The van der Waals surface area contributed by atoms with Gasteiger partial charge in [0.05, 0.1) is 11.2 Å². The minimum Gasteiger partial charge on any atom is -0.323 e. The molecule has 2 rings (SSSR count). The fraction of sp³-hybridized carbons (Fsp3) is 0.500. The highest BCUT2D eigenvalue weighted by Gasteiger charge is 2.20. The van der Waals surface area contributed by atoms with Crippen molar-refractivity contribution in [3.8, 4) is 0 Å². The van der Waals surface area contributed by atoms with Crippen LogP contribution >= 0.6 is 23.7 Å². The van der Waals surface area contributed by atoms with Crippen molar-refractivity contribution in [3.63, 3.8) is 0 Å². The summed E-state index contributed by atoms with van der Waals surface area (Å²) >= 11 is 1.72. The average Bonchev–Trinajstić information content (AvgIpc) is 2.35. The molecule has 0 aromatic carbocycles. The summed E-state index contributed by atoms with van der Waals surface area (Å²) in [6.45, 7) is 0. The van der Waals surface area contributed by atoms with E-state index in [1.807, 2.05) is 5.51 Å². The van der Waals surface area contributed by atoms with Crippen molar-refractivity contribution in [1.29, 1.82) is 0 Å². The third kappa shape index (κ3) is 1.05. The highest BCUT2D eigenvalue weighted by molar-refractivity contribution is 7.09. The number of nitrogens with zero attached hydrogens (tertiary/aromatic N) is 1. The number of hydrogen-bond acceptors (Lipinski definition) is 3. The van der Waals surface area contributed by atoms with Crippen LogP contribution in [0.15, 0.2) is 5.51 Å². The van der Waals surface area contributed by atoms with Crippen molar-refractivity contribution in [2.24, 2.45) is 5.73 Å². The number of rotatable bonds is 0. The Kier molecular flexibility index (Phi) is 2.28. The lowest BCUT2D eigenvalue weighted by molar-refractivity contribution is 0.698. The molecule has 1 atom stereocenters. The number of aromatic nitrogens is 1. The van der Waals surface area contributed by atoms with E-state index in [2.05, 4.69) is 4.98 Å². The van der Waals surface area contributed by atoms with Gasteiger partial charge in [0.25, 0.3) is 0 Å². The Morgan fingerprint density at radius 3 is 3.20 bits per heavy atom. The molecule has 0 radical (unpaired) electrons. The molecule has 1 unspecified atom stereocenters. The molecule has 1 aromatic rings. The molecule has 1 aliphatic carbocycles. The lowest BCUT2D eigenvalue weighted by Crippen LogP contribution is -2.05. The SMILES string of the molecule is Cl.NC1CCc2scnc21. The van der Waals surface area contributed by atoms with Crippen LogP contribution in [-0.4, -0.2) is 4.98 Å². The van der Waals surface area contributed by atoms with Crippen molar-refractivity contribution < 1.29 is 0 Å². The number of nitrogens with two attached hydrogens (primary N) is 1. The van der Waals surface area contributed by atoms with Gasteiger partial charge in [-0.25, -0.2) is 4.98 Å². The number of hydrogen-bond donors (Lipinski definition) is 1. The monoisotopic (exact) mass is 176 g/mol. The van der Waals surface area contributed by atoms with E-state index >= 15 is 0 Å². The second kappa shape index (κ2) is 2.86. The molecule has 4 heteroatoms. The molecule has 1 aliphatic rings. The molecule has 0 amide bonds. The van der Waals surface area contributed by atoms with Gasteiger partial charge in [-0.05, 0) is 12.8 Å². The first-order valence-corrected chi connectivity index (χ1v) is 3.94. The first-order valence-electron chi connectivity index (χ1n) is 3.06. The number of halogens is 1. The predicted octanol–water partition coefficient (Wildman–Crippen LogP) is 1.51. The Morgan fingerprint density at radius 1 is 1.70 bits per heavy atom. The summed E-state index contributed by atoms with van der Waals surface area (Å²) < 4.78 is 0. The van der Waals surface area contributed by atoms with Gasteiger partial charge in [0.15, 0.2) is 0 Å². The molecule has 2 nitrogen and oxygen atoms in total. The normalized spacial score (nSPS) is 21.9. The third-order valence-corrected chi connectivity index (χ3v) is 2.61. The van der Waals surface area contributed by atoms with Crippen LogP contribution in [0.2, 0.25) is 0 Å². The largest absolute Gasteiger partial charge is 0.323 e. The molecule has 0 saturated carbocycles. The summed E-state index contributed by atoms with van der Waals surface area (Å²) in [4.78, 5) is 5.56. The van der Waals surface area contributed by atoms with E-state index in [-0.39, 0.29) is 18.4 Å². The van der Waals surface area contributed by atoms with Gasteiger partial charge < -0.3 is 5.73 Å². The van der Waals surface area contributed by atoms with Crippen LogP contribution in [0, 0.1) is 0 Å². The van der Waals surface area contributed by atoms with Gasteiger partial charge in [0.2, 0.25) is 0 Å². The highest BCUT2D eigenvalue weighted by atomic mass is 35.5. The predicted molar refractivity (Wildman–Crippen MR) is 44.6 cm³/mol. The van der Waals surface area contributed by atoms with Crippen molar-refractivity contribution in [2.75, 3.05) is 0 Å². The summed E-state index contributed by atoms with van der Waals surface area (Å²) in [5, 5.41) is 0. The lowest BCUT2D eigenvalue weighted by Gasteiger charge is -1.95. The Morgan fingerprint density at radius 2 is 2.50 bits per heavy atom. The molecule has 1 aromatic heterocycles. The van der Waals surface area contributed by atoms with Crippen molar-refractivity contribution in [1.82, 2.24) is 4.98 Å². The van der Waals surface area contributed by atoms with E-state index in [1.165, 1.54) is 4.88 Å². The Bertz CT molecular complexity index is 223. The highest BCUT2D eigenvalue weighted by Crippen LogP contribution is 2.30. The molecule has 56 valence electrons. The standard InChI is InChI=1S/C6H8N2S.ClH/c7-4-1-2-5-6(4)8-3-9-5;/h3-4H,1-2,7H2;1H.